The lowest BCUT2D eigenvalue weighted by Gasteiger charge is -2.54. The second-order valence-electron chi connectivity index (χ2n) is 12.7. The molecule has 2 N–H and O–H groups in total. The monoisotopic (exact) mass is 486 g/mol. The van der Waals surface area contributed by atoms with E-state index in [9.17, 15) is 15.0 Å². The zero-order valence-electron chi connectivity index (χ0n) is 23.3. The lowest BCUT2D eigenvalue weighted by atomic mass is 9.51. The molecule has 0 spiro atoms. The van der Waals surface area contributed by atoms with Crippen LogP contribution in [0.15, 0.2) is 35.5 Å². The Balaban J connectivity index is 1.79. The summed E-state index contributed by atoms with van der Waals surface area (Å²) in [6.45, 7) is 16.0. The zero-order chi connectivity index (χ0) is 26.1. The van der Waals surface area contributed by atoms with E-state index in [1.807, 2.05) is 13.8 Å². The normalized spacial score (nSPS) is 40.1. The molecule has 1 heterocycles. The fourth-order valence-electron chi connectivity index (χ4n) is 7.48. The maximum Gasteiger partial charge on any atom is 0.125 e. The standard InChI is InChI=1S/C31H50O4/c1-22(12-15-26-23(2)13-14-24(3)28(26,5)6)10-8-16-30-21-35-31(25(4)20-33,18-17-29(30,7)34)27(30)11-9-19-32/h10,12-13,15,20,24-27,32,34H,8-9,11,14,16-19,21H2,1-7H3/b15-12+,22-10+/t24-,25?,26+,27?,29-,30+,31-/m0/s1. The zero-order valence-corrected chi connectivity index (χ0v) is 23.3. The highest BCUT2D eigenvalue weighted by molar-refractivity contribution is 5.56. The summed E-state index contributed by atoms with van der Waals surface area (Å²) in [5.74, 6) is 0.948. The summed E-state index contributed by atoms with van der Waals surface area (Å²) < 4.78 is 6.48. The van der Waals surface area contributed by atoms with Crippen LogP contribution in [-0.2, 0) is 9.53 Å². The first-order valence-corrected chi connectivity index (χ1v) is 13.8. The van der Waals surface area contributed by atoms with Gasteiger partial charge in [-0.25, -0.2) is 0 Å². The molecule has 2 aliphatic carbocycles. The predicted octanol–water partition coefficient (Wildman–Crippen LogP) is 6.42. The Labute approximate surface area is 213 Å². The van der Waals surface area contributed by atoms with E-state index in [0.29, 0.717) is 37.7 Å². The molecular formula is C31H50O4. The number of rotatable bonds is 10. The van der Waals surface area contributed by atoms with Crippen molar-refractivity contribution < 1.29 is 19.7 Å². The fraction of sp³-hybridized carbons (Fsp3) is 0.774. The van der Waals surface area contributed by atoms with E-state index < -0.39 is 16.6 Å². The summed E-state index contributed by atoms with van der Waals surface area (Å²) in [5.41, 5.74) is 1.18. The summed E-state index contributed by atoms with van der Waals surface area (Å²) in [5, 5.41) is 21.2. The number of aliphatic hydroxyl groups is 2. The van der Waals surface area contributed by atoms with Crippen molar-refractivity contribution >= 4 is 6.29 Å². The molecule has 0 aromatic rings. The third kappa shape index (κ3) is 5.00. The maximum absolute atomic E-state index is 11.9. The average Bonchev–Trinajstić information content (AvgIpc) is 3.08. The molecule has 0 aromatic heterocycles. The molecule has 0 radical (unpaired) electrons. The van der Waals surface area contributed by atoms with Crippen molar-refractivity contribution in [3.05, 3.63) is 35.5 Å². The molecule has 1 saturated heterocycles. The molecule has 2 fully saturated rings. The van der Waals surface area contributed by atoms with Crippen molar-refractivity contribution in [2.24, 2.45) is 34.5 Å². The number of fused-ring (bicyclic) bond motifs is 2. The number of ether oxygens (including phenoxy) is 1. The number of hydrogen-bond acceptors (Lipinski definition) is 4. The van der Waals surface area contributed by atoms with Crippen LogP contribution >= 0.6 is 0 Å². The number of carbonyl (C=O) groups excluding carboxylic acids is 1. The number of allylic oxidation sites excluding steroid dienone is 6. The third-order valence-electron chi connectivity index (χ3n) is 10.5. The van der Waals surface area contributed by atoms with Gasteiger partial charge in [0.15, 0.2) is 0 Å². The lowest BCUT2D eigenvalue weighted by molar-refractivity contribution is -0.153. The van der Waals surface area contributed by atoms with E-state index in [1.54, 1.807) is 0 Å². The van der Waals surface area contributed by atoms with Crippen molar-refractivity contribution in [3.63, 3.8) is 0 Å². The first kappa shape index (κ1) is 28.3. The molecule has 1 aliphatic heterocycles. The highest BCUT2D eigenvalue weighted by atomic mass is 16.5. The molecule has 3 aliphatic rings. The molecular weight excluding hydrogens is 436 g/mol. The minimum atomic E-state index is -0.850. The summed E-state index contributed by atoms with van der Waals surface area (Å²) >= 11 is 0. The van der Waals surface area contributed by atoms with Crippen LogP contribution in [0.25, 0.3) is 0 Å². The maximum atomic E-state index is 11.9. The van der Waals surface area contributed by atoms with Gasteiger partial charge in [-0.2, -0.15) is 0 Å². The molecule has 35 heavy (non-hydrogen) atoms. The van der Waals surface area contributed by atoms with Gasteiger partial charge in [-0.3, -0.25) is 0 Å². The Morgan fingerprint density at radius 2 is 2.00 bits per heavy atom. The van der Waals surface area contributed by atoms with Gasteiger partial charge in [0.1, 0.15) is 6.29 Å². The van der Waals surface area contributed by atoms with Gasteiger partial charge in [-0.1, -0.05) is 63.1 Å². The molecule has 4 heteroatoms. The molecule has 7 atom stereocenters. The van der Waals surface area contributed by atoms with E-state index in [4.69, 9.17) is 4.74 Å². The van der Waals surface area contributed by atoms with Crippen molar-refractivity contribution in [2.45, 2.75) is 105 Å². The van der Waals surface area contributed by atoms with Crippen LogP contribution in [-0.4, -0.2) is 40.9 Å². The second kappa shape index (κ2) is 10.6. The first-order valence-electron chi connectivity index (χ1n) is 13.8. The predicted molar refractivity (Wildman–Crippen MR) is 143 cm³/mol. The summed E-state index contributed by atoms with van der Waals surface area (Å²) in [6, 6.07) is 0. The van der Waals surface area contributed by atoms with Crippen LogP contribution in [0.2, 0.25) is 0 Å². The van der Waals surface area contributed by atoms with Crippen LogP contribution in [0.5, 0.6) is 0 Å². The fourth-order valence-corrected chi connectivity index (χ4v) is 7.48. The SMILES string of the molecule is CC1=CC[C@H](C)C(C)(C)[C@@H]1/C=C/C(C)=C/CC[C@]12CO[C@](C(C)C=O)(CC[C@]1(C)O)C2CCCO. The summed E-state index contributed by atoms with van der Waals surface area (Å²) in [6.07, 6.45) is 16.0. The Bertz CT molecular complexity index is 850. The van der Waals surface area contributed by atoms with Gasteiger partial charge in [0.25, 0.3) is 0 Å². The van der Waals surface area contributed by atoms with E-state index >= 15 is 0 Å². The molecule has 4 nitrogen and oxygen atoms in total. The van der Waals surface area contributed by atoms with E-state index in [-0.39, 0.29) is 23.9 Å². The Hall–Kier alpha value is -1.23. The molecule has 2 bridgehead atoms. The smallest absolute Gasteiger partial charge is 0.125 e. The highest BCUT2D eigenvalue weighted by Crippen LogP contribution is 2.64. The van der Waals surface area contributed by atoms with Crippen molar-refractivity contribution in [3.8, 4) is 0 Å². The molecule has 0 aromatic carbocycles. The number of aldehydes is 1. The molecule has 2 unspecified atom stereocenters. The minimum absolute atomic E-state index is 0.0626. The topological polar surface area (TPSA) is 66.8 Å². The van der Waals surface area contributed by atoms with E-state index in [1.165, 1.54) is 11.1 Å². The molecule has 198 valence electrons. The van der Waals surface area contributed by atoms with Gasteiger partial charge in [0, 0.05) is 23.9 Å². The van der Waals surface area contributed by atoms with Crippen molar-refractivity contribution in [2.75, 3.05) is 13.2 Å². The quantitative estimate of drug-likeness (QED) is 0.212. The van der Waals surface area contributed by atoms with Crippen LogP contribution in [0.3, 0.4) is 0 Å². The summed E-state index contributed by atoms with van der Waals surface area (Å²) in [4.78, 5) is 11.9. The van der Waals surface area contributed by atoms with Gasteiger partial charge in [-0.05, 0) is 83.0 Å². The first-order chi connectivity index (χ1) is 16.4. The second-order valence-corrected chi connectivity index (χ2v) is 12.7. The van der Waals surface area contributed by atoms with Crippen LogP contribution in [0, 0.1) is 34.5 Å². The van der Waals surface area contributed by atoms with Gasteiger partial charge >= 0.3 is 0 Å². The number of aliphatic hydroxyl groups excluding tert-OH is 1. The van der Waals surface area contributed by atoms with Gasteiger partial charge < -0.3 is 19.7 Å². The minimum Gasteiger partial charge on any atom is -0.396 e. The van der Waals surface area contributed by atoms with Crippen LogP contribution in [0.1, 0.15) is 93.4 Å². The van der Waals surface area contributed by atoms with Crippen molar-refractivity contribution in [1.29, 1.82) is 0 Å². The van der Waals surface area contributed by atoms with Gasteiger partial charge in [0.05, 0.1) is 17.8 Å². The van der Waals surface area contributed by atoms with Gasteiger partial charge in [0.2, 0.25) is 0 Å². The number of carbonyl (C=O) groups is 1. The molecule has 0 amide bonds. The highest BCUT2D eigenvalue weighted by Gasteiger charge is 2.68. The Kier molecular flexibility index (Phi) is 8.61. The summed E-state index contributed by atoms with van der Waals surface area (Å²) in [7, 11) is 0. The van der Waals surface area contributed by atoms with Gasteiger partial charge in [-0.15, -0.1) is 0 Å². The van der Waals surface area contributed by atoms with Crippen LogP contribution in [0.4, 0.5) is 0 Å². The third-order valence-corrected chi connectivity index (χ3v) is 10.5. The van der Waals surface area contributed by atoms with E-state index in [2.05, 4.69) is 58.9 Å². The average molecular weight is 487 g/mol. The lowest BCUT2D eigenvalue weighted by Crippen LogP contribution is -2.60. The number of hydrogen-bond donors (Lipinski definition) is 2. The Morgan fingerprint density at radius 3 is 2.66 bits per heavy atom. The van der Waals surface area contributed by atoms with E-state index in [0.717, 1.165) is 32.0 Å². The molecule has 3 rings (SSSR count). The van der Waals surface area contributed by atoms with Crippen LogP contribution < -0.4 is 0 Å². The Morgan fingerprint density at radius 1 is 1.29 bits per heavy atom. The largest absolute Gasteiger partial charge is 0.396 e. The molecule has 1 saturated carbocycles. The van der Waals surface area contributed by atoms with Crippen molar-refractivity contribution in [1.82, 2.24) is 0 Å².